The van der Waals surface area contributed by atoms with Crippen molar-refractivity contribution < 1.29 is 9.90 Å². The van der Waals surface area contributed by atoms with Crippen LogP contribution >= 0.6 is 0 Å². The predicted octanol–water partition coefficient (Wildman–Crippen LogP) is 3.04. The first-order valence-electron chi connectivity index (χ1n) is 7.34. The molecule has 2 atom stereocenters. The number of phenolic OH excluding ortho intramolecular Hbond substituents is 1. The molecular weight excluding hydrogens is 276 g/mol. The second kappa shape index (κ2) is 6.02. The lowest BCUT2D eigenvalue weighted by atomic mass is 10.1. The summed E-state index contributed by atoms with van der Waals surface area (Å²) in [4.78, 5) is 12.1. The predicted molar refractivity (Wildman–Crippen MR) is 85.8 cm³/mol. The quantitative estimate of drug-likeness (QED) is 0.672. The molecule has 0 heterocycles. The number of carbonyl (C=O) groups excluding carboxylic acids is 1. The SMILES string of the molecule is C/C(=N/NC(=O)[C@H]1C[C@H]1c1ccccc1)c1ccccc1O. The fraction of sp³-hybridized carbons (Fsp3) is 0.222. The van der Waals surface area contributed by atoms with Crippen LogP contribution in [0.1, 0.15) is 30.4 Å². The van der Waals surface area contributed by atoms with E-state index >= 15 is 0 Å². The number of aromatic hydroxyl groups is 1. The zero-order valence-electron chi connectivity index (χ0n) is 12.4. The molecule has 2 N–H and O–H groups in total. The fourth-order valence-corrected chi connectivity index (χ4v) is 2.62. The lowest BCUT2D eigenvalue weighted by Gasteiger charge is -2.04. The Morgan fingerprint density at radius 2 is 1.82 bits per heavy atom. The summed E-state index contributed by atoms with van der Waals surface area (Å²) < 4.78 is 0. The monoisotopic (exact) mass is 294 g/mol. The van der Waals surface area contributed by atoms with Crippen LogP contribution in [-0.4, -0.2) is 16.7 Å². The first-order chi connectivity index (χ1) is 10.7. The summed E-state index contributed by atoms with van der Waals surface area (Å²) in [5.41, 5.74) is 5.02. The number of nitrogens with one attached hydrogen (secondary N) is 1. The topological polar surface area (TPSA) is 61.7 Å². The van der Waals surface area contributed by atoms with E-state index in [-0.39, 0.29) is 17.6 Å². The standard InChI is InChI=1S/C18H18N2O2/c1-12(14-9-5-6-10-17(14)21)19-20-18(22)16-11-15(16)13-7-3-2-4-8-13/h2-10,15-16,21H,11H2,1H3,(H,20,22)/b19-12-/t15-,16-/m0/s1. The summed E-state index contributed by atoms with van der Waals surface area (Å²) in [6.45, 7) is 1.76. The second-order valence-electron chi connectivity index (χ2n) is 5.55. The van der Waals surface area contributed by atoms with Gasteiger partial charge in [0.15, 0.2) is 0 Å². The molecule has 2 aromatic carbocycles. The van der Waals surface area contributed by atoms with Crippen LogP contribution < -0.4 is 5.43 Å². The van der Waals surface area contributed by atoms with Crippen LogP contribution in [0, 0.1) is 5.92 Å². The maximum Gasteiger partial charge on any atom is 0.243 e. The van der Waals surface area contributed by atoms with Gasteiger partial charge in [0.2, 0.25) is 5.91 Å². The molecule has 112 valence electrons. The van der Waals surface area contributed by atoms with Crippen LogP contribution in [0.25, 0.3) is 0 Å². The van der Waals surface area contributed by atoms with E-state index in [1.807, 2.05) is 24.3 Å². The Kier molecular flexibility index (Phi) is 3.92. The first kappa shape index (κ1) is 14.3. The Balaban J connectivity index is 1.62. The Labute approximate surface area is 129 Å². The number of hydrogen-bond acceptors (Lipinski definition) is 3. The van der Waals surface area contributed by atoms with Crippen molar-refractivity contribution >= 4 is 11.6 Å². The van der Waals surface area contributed by atoms with E-state index in [9.17, 15) is 9.90 Å². The molecular formula is C18H18N2O2. The Morgan fingerprint density at radius 3 is 2.55 bits per heavy atom. The zero-order chi connectivity index (χ0) is 15.5. The van der Waals surface area contributed by atoms with E-state index in [4.69, 9.17) is 0 Å². The highest BCUT2D eigenvalue weighted by molar-refractivity contribution is 6.01. The van der Waals surface area contributed by atoms with Crippen molar-refractivity contribution in [3.8, 4) is 5.75 Å². The molecule has 0 aliphatic heterocycles. The maximum atomic E-state index is 12.1. The summed E-state index contributed by atoms with van der Waals surface area (Å²) in [6, 6.07) is 17.0. The minimum absolute atomic E-state index is 0.0108. The highest BCUT2D eigenvalue weighted by atomic mass is 16.3. The van der Waals surface area contributed by atoms with Crippen LogP contribution in [0.15, 0.2) is 59.7 Å². The van der Waals surface area contributed by atoms with Crippen molar-refractivity contribution in [3.63, 3.8) is 0 Å². The normalized spacial score (nSPS) is 20.5. The fourth-order valence-electron chi connectivity index (χ4n) is 2.62. The number of phenols is 1. The van der Waals surface area contributed by atoms with Crippen molar-refractivity contribution in [2.24, 2.45) is 11.0 Å². The van der Waals surface area contributed by atoms with Gasteiger partial charge in [-0.3, -0.25) is 4.79 Å². The molecule has 4 heteroatoms. The van der Waals surface area contributed by atoms with Gasteiger partial charge in [-0.05, 0) is 37.0 Å². The minimum Gasteiger partial charge on any atom is -0.507 e. The third-order valence-electron chi connectivity index (χ3n) is 3.98. The van der Waals surface area contributed by atoms with Crippen molar-refractivity contribution in [3.05, 3.63) is 65.7 Å². The molecule has 1 aliphatic rings. The molecule has 0 saturated heterocycles. The molecule has 3 rings (SSSR count). The number of hydrogen-bond donors (Lipinski definition) is 2. The van der Waals surface area contributed by atoms with Gasteiger partial charge in [0, 0.05) is 11.5 Å². The van der Waals surface area contributed by atoms with Crippen LogP contribution in [-0.2, 0) is 4.79 Å². The highest BCUT2D eigenvalue weighted by Crippen LogP contribution is 2.47. The summed E-state index contributed by atoms with van der Waals surface area (Å²) in [5, 5.41) is 13.9. The van der Waals surface area contributed by atoms with E-state index in [1.165, 1.54) is 5.56 Å². The van der Waals surface area contributed by atoms with E-state index < -0.39 is 0 Å². The van der Waals surface area contributed by atoms with Gasteiger partial charge in [-0.2, -0.15) is 5.10 Å². The van der Waals surface area contributed by atoms with E-state index in [2.05, 4.69) is 22.7 Å². The summed E-state index contributed by atoms with van der Waals surface area (Å²) in [7, 11) is 0. The molecule has 1 fully saturated rings. The number of para-hydroxylation sites is 1. The van der Waals surface area contributed by atoms with E-state index in [0.29, 0.717) is 17.2 Å². The third kappa shape index (κ3) is 3.01. The van der Waals surface area contributed by atoms with Gasteiger partial charge in [-0.25, -0.2) is 5.43 Å². The highest BCUT2D eigenvalue weighted by Gasteiger charge is 2.43. The summed E-state index contributed by atoms with van der Waals surface area (Å²) in [6.07, 6.45) is 0.862. The molecule has 2 aromatic rings. The molecule has 0 bridgehead atoms. The summed E-state index contributed by atoms with van der Waals surface area (Å²) in [5.74, 6) is 0.375. The Hall–Kier alpha value is -2.62. The molecule has 0 spiro atoms. The van der Waals surface area contributed by atoms with Crippen LogP contribution in [0.2, 0.25) is 0 Å². The van der Waals surface area contributed by atoms with Crippen molar-refractivity contribution in [1.29, 1.82) is 0 Å². The Bertz CT molecular complexity index is 710. The van der Waals surface area contributed by atoms with Gasteiger partial charge in [0.25, 0.3) is 0 Å². The Morgan fingerprint density at radius 1 is 1.14 bits per heavy atom. The van der Waals surface area contributed by atoms with Crippen molar-refractivity contribution in [1.82, 2.24) is 5.43 Å². The molecule has 4 nitrogen and oxygen atoms in total. The number of amides is 1. The van der Waals surface area contributed by atoms with E-state index in [1.54, 1.807) is 25.1 Å². The average Bonchev–Trinajstić information content (AvgIpc) is 3.34. The van der Waals surface area contributed by atoms with Crippen LogP contribution in [0.5, 0.6) is 5.75 Å². The lowest BCUT2D eigenvalue weighted by molar-refractivity contribution is -0.122. The van der Waals surface area contributed by atoms with Gasteiger partial charge >= 0.3 is 0 Å². The van der Waals surface area contributed by atoms with Crippen molar-refractivity contribution in [2.45, 2.75) is 19.3 Å². The minimum atomic E-state index is -0.0661. The zero-order valence-corrected chi connectivity index (χ0v) is 12.4. The maximum absolute atomic E-state index is 12.1. The molecule has 0 radical (unpaired) electrons. The third-order valence-corrected chi connectivity index (χ3v) is 3.98. The molecule has 1 saturated carbocycles. The van der Waals surface area contributed by atoms with Gasteiger partial charge in [-0.15, -0.1) is 0 Å². The lowest BCUT2D eigenvalue weighted by Crippen LogP contribution is -2.21. The smallest absolute Gasteiger partial charge is 0.243 e. The molecule has 1 aliphatic carbocycles. The molecule has 22 heavy (non-hydrogen) atoms. The van der Waals surface area contributed by atoms with Crippen molar-refractivity contribution in [2.75, 3.05) is 0 Å². The molecule has 0 aromatic heterocycles. The molecule has 0 unspecified atom stereocenters. The largest absolute Gasteiger partial charge is 0.507 e. The number of carbonyl (C=O) groups is 1. The van der Waals surface area contributed by atoms with Gasteiger partial charge in [-0.1, -0.05) is 42.5 Å². The first-order valence-corrected chi connectivity index (χ1v) is 7.34. The van der Waals surface area contributed by atoms with E-state index in [0.717, 1.165) is 6.42 Å². The van der Waals surface area contributed by atoms with Gasteiger partial charge in [0.05, 0.1) is 5.71 Å². The number of nitrogens with zero attached hydrogens (tertiary/aromatic N) is 1. The van der Waals surface area contributed by atoms with Gasteiger partial charge in [0.1, 0.15) is 5.75 Å². The van der Waals surface area contributed by atoms with Crippen LogP contribution in [0.3, 0.4) is 0 Å². The molecule has 1 amide bonds. The number of benzene rings is 2. The summed E-state index contributed by atoms with van der Waals surface area (Å²) >= 11 is 0. The van der Waals surface area contributed by atoms with Gasteiger partial charge < -0.3 is 5.11 Å². The number of rotatable bonds is 4. The van der Waals surface area contributed by atoms with Crippen LogP contribution in [0.4, 0.5) is 0 Å². The number of hydrazone groups is 1. The average molecular weight is 294 g/mol. The second-order valence-corrected chi connectivity index (χ2v) is 5.55.